The largest absolute Gasteiger partial charge is 0.343 e. The summed E-state index contributed by atoms with van der Waals surface area (Å²) in [5.74, 6) is -0.258. The first-order valence-corrected chi connectivity index (χ1v) is 8.29. The topological polar surface area (TPSA) is 52.7 Å². The van der Waals surface area contributed by atoms with Crippen molar-refractivity contribution in [2.75, 3.05) is 18.5 Å². The first kappa shape index (κ1) is 15.4. The smallest absolute Gasteiger partial charge is 0.253 e. The Labute approximate surface area is 146 Å². The minimum atomic E-state index is -0.395. The number of rotatable bonds is 2. The van der Waals surface area contributed by atoms with Crippen molar-refractivity contribution in [3.8, 4) is 0 Å². The van der Waals surface area contributed by atoms with Crippen LogP contribution in [0.5, 0.6) is 0 Å². The zero-order chi connectivity index (χ0) is 17.4. The maximum atomic E-state index is 12.8. The zero-order valence-electron chi connectivity index (χ0n) is 14.0. The third-order valence-electron chi connectivity index (χ3n) is 4.64. The molecule has 1 fully saturated rings. The number of hydrogen-bond donors (Lipinski definition) is 1. The Bertz CT molecular complexity index is 860. The van der Waals surface area contributed by atoms with E-state index >= 15 is 0 Å². The molecule has 0 unspecified atom stereocenters. The molecule has 2 aliphatic rings. The predicted octanol–water partition coefficient (Wildman–Crippen LogP) is 2.22. The summed E-state index contributed by atoms with van der Waals surface area (Å²) in [6, 6.07) is 17.6. The highest BCUT2D eigenvalue weighted by molar-refractivity contribution is 6.01. The Balaban J connectivity index is 1.80. The molecule has 1 atom stereocenters. The highest BCUT2D eigenvalue weighted by atomic mass is 16.2. The number of nitrogens with zero attached hydrogens (tertiary/aromatic N) is 2. The maximum absolute atomic E-state index is 12.8. The van der Waals surface area contributed by atoms with Crippen molar-refractivity contribution in [3.05, 3.63) is 77.5 Å². The molecule has 2 aromatic rings. The van der Waals surface area contributed by atoms with Gasteiger partial charge in [-0.1, -0.05) is 48.5 Å². The van der Waals surface area contributed by atoms with Crippen LogP contribution in [0.4, 0.5) is 5.69 Å². The molecule has 0 aliphatic carbocycles. The quantitative estimate of drug-likeness (QED) is 0.917. The average molecular weight is 333 g/mol. The van der Waals surface area contributed by atoms with Gasteiger partial charge in [0.1, 0.15) is 0 Å². The lowest BCUT2D eigenvalue weighted by Crippen LogP contribution is -2.34. The van der Waals surface area contributed by atoms with E-state index in [1.54, 1.807) is 7.05 Å². The molecule has 1 saturated heterocycles. The van der Waals surface area contributed by atoms with E-state index in [1.165, 1.54) is 4.90 Å². The SMILES string of the molecule is CN1CC(=O)N[C@@H]2C(=CN(Cc3ccccc3)c3ccccc32)C1=O. The summed E-state index contributed by atoms with van der Waals surface area (Å²) < 4.78 is 0. The molecule has 126 valence electrons. The molecular formula is C20H19N3O2. The van der Waals surface area contributed by atoms with Crippen LogP contribution in [0.3, 0.4) is 0 Å². The molecule has 0 saturated carbocycles. The van der Waals surface area contributed by atoms with Crippen LogP contribution < -0.4 is 10.2 Å². The highest BCUT2D eigenvalue weighted by Gasteiger charge is 2.36. The monoisotopic (exact) mass is 333 g/mol. The molecule has 5 nitrogen and oxygen atoms in total. The normalized spacial score (nSPS) is 19.6. The van der Waals surface area contributed by atoms with Crippen LogP contribution in [-0.2, 0) is 16.1 Å². The highest BCUT2D eigenvalue weighted by Crippen LogP contribution is 2.38. The van der Waals surface area contributed by atoms with Gasteiger partial charge in [0.2, 0.25) is 5.91 Å². The maximum Gasteiger partial charge on any atom is 0.253 e. The lowest BCUT2D eigenvalue weighted by molar-refractivity contribution is -0.130. The van der Waals surface area contributed by atoms with Gasteiger partial charge >= 0.3 is 0 Å². The van der Waals surface area contributed by atoms with Gasteiger partial charge < -0.3 is 15.1 Å². The van der Waals surface area contributed by atoms with E-state index in [1.807, 2.05) is 48.7 Å². The number of nitrogens with one attached hydrogen (secondary N) is 1. The molecule has 4 rings (SSSR count). The number of hydrogen-bond acceptors (Lipinski definition) is 3. The molecule has 2 heterocycles. The van der Waals surface area contributed by atoms with Crippen LogP contribution in [0.15, 0.2) is 66.4 Å². The van der Waals surface area contributed by atoms with Gasteiger partial charge in [-0.05, 0) is 11.6 Å². The van der Waals surface area contributed by atoms with E-state index in [-0.39, 0.29) is 18.4 Å². The van der Waals surface area contributed by atoms with Crippen LogP contribution in [0.2, 0.25) is 0 Å². The number of likely N-dealkylation sites (N-methyl/N-ethyl adjacent to an activating group) is 1. The third kappa shape index (κ3) is 2.78. The lowest BCUT2D eigenvalue weighted by Gasteiger charge is -2.33. The predicted molar refractivity (Wildman–Crippen MR) is 95.7 cm³/mol. The second kappa shape index (κ2) is 6.09. The number of carbonyl (C=O) groups is 2. The van der Waals surface area contributed by atoms with Crippen LogP contribution in [0.1, 0.15) is 17.2 Å². The summed E-state index contributed by atoms with van der Waals surface area (Å²) >= 11 is 0. The van der Waals surface area contributed by atoms with E-state index in [0.29, 0.717) is 12.1 Å². The van der Waals surface area contributed by atoms with Gasteiger partial charge in [-0.25, -0.2) is 0 Å². The van der Waals surface area contributed by atoms with Gasteiger partial charge in [-0.15, -0.1) is 0 Å². The summed E-state index contributed by atoms with van der Waals surface area (Å²) in [6.45, 7) is 0.743. The van der Waals surface area contributed by atoms with Crippen LogP contribution in [0.25, 0.3) is 0 Å². The number of benzene rings is 2. The second-order valence-corrected chi connectivity index (χ2v) is 6.42. The molecule has 5 heteroatoms. The molecule has 0 radical (unpaired) electrons. The van der Waals surface area contributed by atoms with Crippen molar-refractivity contribution in [1.82, 2.24) is 10.2 Å². The van der Waals surface area contributed by atoms with Crippen LogP contribution in [-0.4, -0.2) is 30.3 Å². The van der Waals surface area contributed by atoms with Gasteiger partial charge in [0.25, 0.3) is 5.91 Å². The molecule has 0 spiro atoms. The third-order valence-corrected chi connectivity index (χ3v) is 4.64. The van der Waals surface area contributed by atoms with E-state index < -0.39 is 6.04 Å². The average Bonchev–Trinajstić information content (AvgIpc) is 2.73. The molecule has 25 heavy (non-hydrogen) atoms. The zero-order valence-corrected chi connectivity index (χ0v) is 14.0. The minimum Gasteiger partial charge on any atom is -0.343 e. The Kier molecular flexibility index (Phi) is 3.76. The van der Waals surface area contributed by atoms with E-state index in [4.69, 9.17) is 0 Å². The van der Waals surface area contributed by atoms with Crippen molar-refractivity contribution >= 4 is 17.5 Å². The molecule has 0 bridgehead atoms. The molecule has 0 aromatic heterocycles. The molecule has 2 aliphatic heterocycles. The fourth-order valence-corrected chi connectivity index (χ4v) is 3.43. The van der Waals surface area contributed by atoms with Crippen molar-refractivity contribution in [2.24, 2.45) is 0 Å². The molecular weight excluding hydrogens is 314 g/mol. The standard InChI is InChI=1S/C20H19N3O2/c1-22-13-18(24)21-19-15-9-5-6-10-17(15)23(12-16(19)20(22)25)11-14-7-3-2-4-8-14/h2-10,12,19H,11,13H2,1H3,(H,21,24)/t19-/m0/s1. The summed E-state index contributed by atoms with van der Waals surface area (Å²) in [4.78, 5) is 28.5. The summed E-state index contributed by atoms with van der Waals surface area (Å²) in [6.07, 6.45) is 1.88. The van der Waals surface area contributed by atoms with Gasteiger partial charge in [0.15, 0.2) is 0 Å². The van der Waals surface area contributed by atoms with Crippen LogP contribution >= 0.6 is 0 Å². The summed E-state index contributed by atoms with van der Waals surface area (Å²) in [5, 5.41) is 2.99. The number of para-hydroxylation sites is 1. The Hall–Kier alpha value is -3.08. The molecule has 2 aromatic carbocycles. The summed E-state index contributed by atoms with van der Waals surface area (Å²) in [7, 11) is 1.66. The second-order valence-electron chi connectivity index (χ2n) is 6.42. The Morgan fingerprint density at radius 1 is 1.04 bits per heavy atom. The first-order valence-electron chi connectivity index (χ1n) is 8.29. The first-order chi connectivity index (χ1) is 12.1. The summed E-state index contributed by atoms with van der Waals surface area (Å²) in [5.41, 5.74) is 3.72. The molecule has 2 amide bonds. The Morgan fingerprint density at radius 3 is 2.56 bits per heavy atom. The van der Waals surface area contributed by atoms with Crippen molar-refractivity contribution < 1.29 is 9.59 Å². The van der Waals surface area contributed by atoms with E-state index in [0.717, 1.165) is 16.8 Å². The van der Waals surface area contributed by atoms with Gasteiger partial charge in [-0.3, -0.25) is 9.59 Å². The number of anilines is 1. The van der Waals surface area contributed by atoms with Crippen molar-refractivity contribution in [3.63, 3.8) is 0 Å². The fraction of sp³-hybridized carbons (Fsp3) is 0.200. The number of amides is 2. The van der Waals surface area contributed by atoms with Crippen molar-refractivity contribution in [2.45, 2.75) is 12.6 Å². The fourth-order valence-electron chi connectivity index (χ4n) is 3.43. The molecule has 1 N–H and O–H groups in total. The van der Waals surface area contributed by atoms with Crippen molar-refractivity contribution in [1.29, 1.82) is 0 Å². The number of fused-ring (bicyclic) bond motifs is 3. The van der Waals surface area contributed by atoms with Gasteiger partial charge in [0.05, 0.1) is 18.2 Å². The Morgan fingerprint density at radius 2 is 1.76 bits per heavy atom. The van der Waals surface area contributed by atoms with E-state index in [2.05, 4.69) is 22.3 Å². The lowest BCUT2D eigenvalue weighted by atomic mass is 9.93. The number of carbonyl (C=O) groups excluding carboxylic acids is 2. The van der Waals surface area contributed by atoms with Gasteiger partial charge in [0, 0.05) is 31.0 Å². The minimum absolute atomic E-state index is 0.0769. The van der Waals surface area contributed by atoms with Crippen LogP contribution in [0, 0.1) is 0 Å². The van der Waals surface area contributed by atoms with Gasteiger partial charge in [-0.2, -0.15) is 0 Å². The van der Waals surface area contributed by atoms with E-state index in [9.17, 15) is 9.59 Å².